The number of benzene rings is 1. The molecule has 21 heavy (non-hydrogen) atoms. The van der Waals surface area contributed by atoms with E-state index in [1.807, 2.05) is 11.8 Å². The first-order chi connectivity index (χ1) is 9.90. The van der Waals surface area contributed by atoms with Crippen LogP contribution in [0.3, 0.4) is 0 Å². The van der Waals surface area contributed by atoms with Crippen LogP contribution in [0.2, 0.25) is 0 Å². The van der Waals surface area contributed by atoms with Crippen molar-refractivity contribution in [2.75, 3.05) is 13.1 Å². The van der Waals surface area contributed by atoms with Gasteiger partial charge < -0.3 is 4.90 Å². The first-order valence-electron chi connectivity index (χ1n) is 7.34. The van der Waals surface area contributed by atoms with E-state index in [2.05, 4.69) is 0 Å². The Hall–Kier alpha value is -1.52. The zero-order chi connectivity index (χ0) is 15.5. The average Bonchev–Trinajstić information content (AvgIpc) is 2.46. The summed E-state index contributed by atoms with van der Waals surface area (Å²) in [6.07, 6.45) is -1.33. The van der Waals surface area contributed by atoms with E-state index in [1.54, 1.807) is 6.07 Å². The summed E-state index contributed by atoms with van der Waals surface area (Å²) in [7, 11) is 0. The monoisotopic (exact) mass is 299 g/mol. The highest BCUT2D eigenvalue weighted by Crippen LogP contribution is 2.30. The molecule has 1 aromatic carbocycles. The molecule has 2 nitrogen and oxygen atoms in total. The predicted molar refractivity (Wildman–Crippen MR) is 74.7 cm³/mol. The Labute approximate surface area is 122 Å². The molecule has 1 amide bonds. The van der Waals surface area contributed by atoms with Gasteiger partial charge in [0.2, 0.25) is 5.91 Å². The summed E-state index contributed by atoms with van der Waals surface area (Å²) in [6.45, 7) is 3.26. The molecule has 2 rings (SSSR count). The highest BCUT2D eigenvalue weighted by molar-refractivity contribution is 5.75. The van der Waals surface area contributed by atoms with Gasteiger partial charge in [0.1, 0.15) is 0 Å². The smallest absolute Gasteiger partial charge is 0.342 e. The van der Waals surface area contributed by atoms with Gasteiger partial charge in [-0.15, -0.1) is 0 Å². The summed E-state index contributed by atoms with van der Waals surface area (Å²) in [5.41, 5.74) is 0.0953. The van der Waals surface area contributed by atoms with E-state index in [9.17, 15) is 18.0 Å². The number of rotatable bonds is 3. The van der Waals surface area contributed by atoms with E-state index >= 15 is 0 Å². The van der Waals surface area contributed by atoms with Gasteiger partial charge in [-0.3, -0.25) is 4.79 Å². The summed E-state index contributed by atoms with van der Waals surface area (Å²) >= 11 is 0. The van der Waals surface area contributed by atoms with Crippen LogP contribution in [0.1, 0.15) is 37.3 Å². The quantitative estimate of drug-likeness (QED) is 0.829. The molecule has 0 bridgehead atoms. The number of halogens is 3. The van der Waals surface area contributed by atoms with Gasteiger partial charge in [0.25, 0.3) is 0 Å². The minimum atomic E-state index is -4.30. The van der Waals surface area contributed by atoms with Crippen molar-refractivity contribution in [1.82, 2.24) is 4.90 Å². The number of hydrogen-bond donors (Lipinski definition) is 0. The van der Waals surface area contributed by atoms with E-state index in [4.69, 9.17) is 0 Å². The zero-order valence-corrected chi connectivity index (χ0v) is 12.1. The fourth-order valence-electron chi connectivity index (χ4n) is 2.89. The van der Waals surface area contributed by atoms with Crippen LogP contribution >= 0.6 is 0 Å². The minimum absolute atomic E-state index is 0.128. The van der Waals surface area contributed by atoms with E-state index in [1.165, 1.54) is 12.1 Å². The standard InChI is InChI=1S/C16H20F3NO/c1-2-15(21)20-8-4-6-13(11-20)9-12-5-3-7-14(10-12)16(17,18)19/h3,5,7,10,13H,2,4,6,8-9,11H2,1H3/t13-/m1/s1. The van der Waals surface area contributed by atoms with Gasteiger partial charge in [-0.2, -0.15) is 13.2 Å². The van der Waals surface area contributed by atoms with Gasteiger partial charge in [-0.05, 0) is 36.8 Å². The van der Waals surface area contributed by atoms with Crippen LogP contribution in [0.4, 0.5) is 13.2 Å². The third-order valence-electron chi connectivity index (χ3n) is 3.95. The summed E-state index contributed by atoms with van der Waals surface area (Å²) in [6, 6.07) is 5.50. The molecule has 0 N–H and O–H groups in total. The lowest BCUT2D eigenvalue weighted by molar-refractivity contribution is -0.137. The topological polar surface area (TPSA) is 20.3 Å². The third kappa shape index (κ3) is 4.22. The lowest BCUT2D eigenvalue weighted by atomic mass is 9.90. The number of hydrogen-bond acceptors (Lipinski definition) is 1. The van der Waals surface area contributed by atoms with E-state index in [-0.39, 0.29) is 11.8 Å². The largest absolute Gasteiger partial charge is 0.416 e. The van der Waals surface area contributed by atoms with Gasteiger partial charge >= 0.3 is 6.18 Å². The highest BCUT2D eigenvalue weighted by Gasteiger charge is 2.30. The molecule has 116 valence electrons. The summed E-state index contributed by atoms with van der Waals surface area (Å²) in [5.74, 6) is 0.376. The van der Waals surface area contributed by atoms with Crippen LogP contribution in [-0.4, -0.2) is 23.9 Å². The molecule has 0 radical (unpaired) electrons. The Balaban J connectivity index is 2.03. The van der Waals surface area contributed by atoms with Crippen molar-refractivity contribution in [3.63, 3.8) is 0 Å². The zero-order valence-electron chi connectivity index (χ0n) is 12.1. The average molecular weight is 299 g/mol. The Morgan fingerprint density at radius 1 is 1.38 bits per heavy atom. The molecule has 5 heteroatoms. The second kappa shape index (κ2) is 6.50. The maximum absolute atomic E-state index is 12.7. The van der Waals surface area contributed by atoms with Crippen LogP contribution in [0, 0.1) is 5.92 Å². The lowest BCUT2D eigenvalue weighted by Gasteiger charge is -2.32. The number of piperidine rings is 1. The molecular weight excluding hydrogens is 279 g/mol. The third-order valence-corrected chi connectivity index (χ3v) is 3.95. The highest BCUT2D eigenvalue weighted by atomic mass is 19.4. The second-order valence-electron chi connectivity index (χ2n) is 5.60. The van der Waals surface area contributed by atoms with Gasteiger partial charge in [0.05, 0.1) is 5.56 Å². The van der Waals surface area contributed by atoms with Crippen molar-refractivity contribution in [1.29, 1.82) is 0 Å². The van der Waals surface area contributed by atoms with E-state index < -0.39 is 11.7 Å². The summed E-state index contributed by atoms with van der Waals surface area (Å²) in [4.78, 5) is 13.6. The van der Waals surface area contributed by atoms with E-state index in [0.717, 1.165) is 25.5 Å². The van der Waals surface area contributed by atoms with Crippen molar-refractivity contribution in [2.24, 2.45) is 5.92 Å². The second-order valence-corrected chi connectivity index (χ2v) is 5.60. The molecule has 1 fully saturated rings. The molecule has 0 unspecified atom stereocenters. The number of amides is 1. The van der Waals surface area contributed by atoms with Crippen LogP contribution in [0.25, 0.3) is 0 Å². The number of likely N-dealkylation sites (tertiary alicyclic amines) is 1. The van der Waals surface area contributed by atoms with Gasteiger partial charge in [0, 0.05) is 19.5 Å². The number of nitrogens with zero attached hydrogens (tertiary/aromatic N) is 1. The van der Waals surface area contributed by atoms with Gasteiger partial charge in [-0.1, -0.05) is 25.1 Å². The molecule has 1 heterocycles. The summed E-state index contributed by atoms with van der Waals surface area (Å²) < 4.78 is 38.1. The normalized spacial score (nSPS) is 19.6. The predicted octanol–water partition coefficient (Wildman–Crippen LogP) is 3.90. The van der Waals surface area contributed by atoms with Crippen LogP contribution in [-0.2, 0) is 17.4 Å². The number of carbonyl (C=O) groups is 1. The molecule has 1 aliphatic heterocycles. The molecule has 0 saturated carbocycles. The first-order valence-corrected chi connectivity index (χ1v) is 7.34. The first kappa shape index (κ1) is 15.9. The fraction of sp³-hybridized carbons (Fsp3) is 0.562. The molecule has 0 aromatic heterocycles. The van der Waals surface area contributed by atoms with Crippen LogP contribution < -0.4 is 0 Å². The Morgan fingerprint density at radius 3 is 2.81 bits per heavy atom. The number of alkyl halides is 3. The lowest BCUT2D eigenvalue weighted by Crippen LogP contribution is -2.40. The molecule has 1 saturated heterocycles. The maximum atomic E-state index is 12.7. The minimum Gasteiger partial charge on any atom is -0.342 e. The molecule has 1 aliphatic rings. The van der Waals surface area contributed by atoms with Crippen molar-refractivity contribution in [3.05, 3.63) is 35.4 Å². The van der Waals surface area contributed by atoms with Crippen molar-refractivity contribution in [3.8, 4) is 0 Å². The van der Waals surface area contributed by atoms with E-state index in [0.29, 0.717) is 24.9 Å². The fourth-order valence-corrected chi connectivity index (χ4v) is 2.89. The van der Waals surface area contributed by atoms with Crippen molar-refractivity contribution in [2.45, 2.75) is 38.8 Å². The molecular formula is C16H20F3NO. The molecule has 0 aliphatic carbocycles. The van der Waals surface area contributed by atoms with Crippen molar-refractivity contribution < 1.29 is 18.0 Å². The number of carbonyl (C=O) groups excluding carboxylic acids is 1. The SMILES string of the molecule is CCC(=O)N1CCC[C@H](Cc2cccc(C(F)(F)F)c2)C1. The maximum Gasteiger partial charge on any atom is 0.416 e. The molecule has 0 spiro atoms. The van der Waals surface area contributed by atoms with Crippen LogP contribution in [0.5, 0.6) is 0 Å². The molecule has 1 aromatic rings. The van der Waals surface area contributed by atoms with Gasteiger partial charge in [0.15, 0.2) is 0 Å². The summed E-state index contributed by atoms with van der Waals surface area (Å²) in [5, 5.41) is 0. The van der Waals surface area contributed by atoms with Crippen LogP contribution in [0.15, 0.2) is 24.3 Å². The van der Waals surface area contributed by atoms with Crippen molar-refractivity contribution >= 4 is 5.91 Å². The molecule has 1 atom stereocenters. The Morgan fingerprint density at radius 2 is 2.14 bits per heavy atom. The van der Waals surface area contributed by atoms with Gasteiger partial charge in [-0.25, -0.2) is 0 Å². The Kier molecular flexibility index (Phi) is 4.91. The Bertz CT molecular complexity index is 499.